The van der Waals surface area contributed by atoms with Crippen LogP contribution < -0.4 is 4.74 Å². The lowest BCUT2D eigenvalue weighted by atomic mass is 10.1. The van der Waals surface area contributed by atoms with Gasteiger partial charge in [-0.25, -0.2) is 5.01 Å². The maximum atomic E-state index is 12.6. The van der Waals surface area contributed by atoms with E-state index in [9.17, 15) is 9.59 Å². The van der Waals surface area contributed by atoms with Gasteiger partial charge in [-0.1, -0.05) is 6.07 Å². The second-order valence-corrected chi connectivity index (χ2v) is 6.82. The second kappa shape index (κ2) is 7.25. The fourth-order valence-electron chi connectivity index (χ4n) is 3.16. The first-order valence-electron chi connectivity index (χ1n) is 8.81. The highest BCUT2D eigenvalue weighted by Gasteiger charge is 2.29. The molecule has 2 amide bonds. The predicted octanol–water partition coefficient (Wildman–Crippen LogP) is 2.28. The molecule has 3 rings (SSSR count). The van der Waals surface area contributed by atoms with Crippen molar-refractivity contribution in [2.45, 2.75) is 45.6 Å². The summed E-state index contributed by atoms with van der Waals surface area (Å²) in [5.41, 5.74) is 2.96. The molecule has 25 heavy (non-hydrogen) atoms. The first kappa shape index (κ1) is 17.5. The summed E-state index contributed by atoms with van der Waals surface area (Å²) in [5, 5.41) is 5.39. The van der Waals surface area contributed by atoms with Crippen molar-refractivity contribution in [1.29, 1.82) is 0 Å². The van der Waals surface area contributed by atoms with Crippen molar-refractivity contribution in [3.8, 4) is 5.75 Å². The van der Waals surface area contributed by atoms with Gasteiger partial charge >= 0.3 is 0 Å². The lowest BCUT2D eigenvalue weighted by molar-refractivity contribution is -0.131. The summed E-state index contributed by atoms with van der Waals surface area (Å²) in [6.07, 6.45) is 2.53. The van der Waals surface area contributed by atoms with Crippen LogP contribution in [0.1, 0.15) is 36.8 Å². The Bertz CT molecular complexity index is 706. The van der Waals surface area contributed by atoms with Gasteiger partial charge in [0, 0.05) is 45.8 Å². The summed E-state index contributed by atoms with van der Waals surface area (Å²) in [6, 6.07) is 6.14. The van der Waals surface area contributed by atoms with E-state index in [1.165, 1.54) is 16.1 Å². The minimum absolute atomic E-state index is 0.0444. The Balaban J connectivity index is 1.54. The summed E-state index contributed by atoms with van der Waals surface area (Å²) in [6.45, 7) is 5.48. The topological polar surface area (TPSA) is 62.2 Å². The Labute approximate surface area is 148 Å². The fraction of sp³-hybridized carbons (Fsp3) is 0.526. The first-order valence-corrected chi connectivity index (χ1v) is 8.81. The van der Waals surface area contributed by atoms with Crippen LogP contribution in [0.4, 0.5) is 0 Å². The van der Waals surface area contributed by atoms with Gasteiger partial charge in [0.15, 0.2) is 0 Å². The number of likely N-dealkylation sites (tertiary alicyclic amines) is 1. The monoisotopic (exact) mass is 343 g/mol. The maximum absolute atomic E-state index is 12.6. The predicted molar refractivity (Wildman–Crippen MR) is 95.6 cm³/mol. The summed E-state index contributed by atoms with van der Waals surface area (Å²) >= 11 is 0. The molecule has 0 unspecified atom stereocenters. The van der Waals surface area contributed by atoms with Crippen LogP contribution in [0.25, 0.3) is 0 Å². The molecule has 1 saturated heterocycles. The van der Waals surface area contributed by atoms with E-state index in [0.717, 1.165) is 18.6 Å². The third-order valence-electron chi connectivity index (χ3n) is 4.96. The van der Waals surface area contributed by atoms with Gasteiger partial charge in [-0.05, 0) is 37.1 Å². The number of hydrazone groups is 1. The molecule has 6 heteroatoms. The molecule has 2 heterocycles. The molecule has 1 fully saturated rings. The molecule has 0 aliphatic carbocycles. The van der Waals surface area contributed by atoms with E-state index in [0.29, 0.717) is 31.6 Å². The van der Waals surface area contributed by atoms with Crippen LogP contribution in [0.2, 0.25) is 0 Å². The first-order chi connectivity index (χ1) is 11.9. The van der Waals surface area contributed by atoms with E-state index in [-0.39, 0.29) is 17.9 Å². The van der Waals surface area contributed by atoms with Crippen molar-refractivity contribution in [1.82, 2.24) is 9.91 Å². The molecule has 6 nitrogen and oxygen atoms in total. The van der Waals surface area contributed by atoms with Crippen LogP contribution in [0.15, 0.2) is 23.3 Å². The molecule has 0 N–H and O–H groups in total. The quantitative estimate of drug-likeness (QED) is 0.846. The number of carbonyl (C=O) groups is 2. The number of hydrogen-bond acceptors (Lipinski definition) is 4. The Morgan fingerprint density at radius 1 is 1.16 bits per heavy atom. The molecule has 134 valence electrons. The van der Waals surface area contributed by atoms with E-state index < -0.39 is 0 Å². The number of amides is 2. The van der Waals surface area contributed by atoms with Gasteiger partial charge in [0.05, 0.1) is 0 Å². The summed E-state index contributed by atoms with van der Waals surface area (Å²) in [7, 11) is 1.60. The number of hydrogen-bond donors (Lipinski definition) is 0. The zero-order valence-corrected chi connectivity index (χ0v) is 15.1. The molecule has 0 aromatic heterocycles. The van der Waals surface area contributed by atoms with E-state index in [4.69, 9.17) is 4.74 Å². The fourth-order valence-corrected chi connectivity index (χ4v) is 3.16. The third-order valence-corrected chi connectivity index (χ3v) is 4.96. The molecular formula is C19H25N3O3. The average molecular weight is 343 g/mol. The van der Waals surface area contributed by atoms with Gasteiger partial charge in [0.1, 0.15) is 17.6 Å². The highest BCUT2D eigenvalue weighted by atomic mass is 16.5. The lowest BCUT2D eigenvalue weighted by Gasteiger charge is -2.33. The molecule has 0 atom stereocenters. The molecule has 2 aliphatic rings. The molecule has 1 aromatic carbocycles. The van der Waals surface area contributed by atoms with E-state index >= 15 is 0 Å². The molecular weight excluding hydrogens is 318 g/mol. The molecule has 1 aromatic rings. The normalized spacial score (nSPS) is 19.0. The van der Waals surface area contributed by atoms with Crippen LogP contribution in [0.3, 0.4) is 0 Å². The minimum atomic E-state index is -0.0519. The van der Waals surface area contributed by atoms with Gasteiger partial charge < -0.3 is 9.64 Å². The van der Waals surface area contributed by atoms with Crippen LogP contribution in [-0.2, 0) is 9.59 Å². The van der Waals surface area contributed by atoms with E-state index in [2.05, 4.69) is 31.1 Å². The lowest BCUT2D eigenvalue weighted by Crippen LogP contribution is -2.46. The number of piperidine rings is 1. The zero-order chi connectivity index (χ0) is 18.0. The number of aryl methyl sites for hydroxylation is 2. The highest BCUT2D eigenvalue weighted by molar-refractivity contribution is 6.39. The molecule has 0 radical (unpaired) electrons. The largest absolute Gasteiger partial charge is 0.490 e. The number of nitrogens with zero attached hydrogens (tertiary/aromatic N) is 3. The molecule has 0 bridgehead atoms. The van der Waals surface area contributed by atoms with Crippen LogP contribution in [0, 0.1) is 13.8 Å². The van der Waals surface area contributed by atoms with Crippen LogP contribution in [-0.4, -0.2) is 53.7 Å². The Kier molecular flexibility index (Phi) is 5.06. The molecule has 0 saturated carbocycles. The standard InChI is InChI=1S/C19H25N3O3/c1-13-4-5-16(12-14(13)2)25-15-8-10-22(11-9-15)19(24)17-6-7-18(23)21(3)20-17/h4-5,12,15H,6-11H2,1-3H3. The van der Waals surface area contributed by atoms with Crippen LogP contribution in [0.5, 0.6) is 5.75 Å². The van der Waals surface area contributed by atoms with Gasteiger partial charge in [-0.2, -0.15) is 5.10 Å². The van der Waals surface area contributed by atoms with Crippen molar-refractivity contribution < 1.29 is 14.3 Å². The Morgan fingerprint density at radius 3 is 2.52 bits per heavy atom. The smallest absolute Gasteiger partial charge is 0.270 e. The third kappa shape index (κ3) is 4.00. The van der Waals surface area contributed by atoms with Gasteiger partial charge in [-0.15, -0.1) is 0 Å². The SMILES string of the molecule is Cc1ccc(OC2CCN(C(=O)C3=NN(C)C(=O)CC3)CC2)cc1C. The number of benzene rings is 1. The minimum Gasteiger partial charge on any atom is -0.490 e. The van der Waals surface area contributed by atoms with Crippen molar-refractivity contribution in [2.75, 3.05) is 20.1 Å². The number of rotatable bonds is 3. The Morgan fingerprint density at radius 2 is 1.88 bits per heavy atom. The molecule has 0 spiro atoms. The van der Waals surface area contributed by atoms with E-state index in [1.54, 1.807) is 7.05 Å². The molecule has 2 aliphatic heterocycles. The van der Waals surface area contributed by atoms with Gasteiger partial charge in [-0.3, -0.25) is 9.59 Å². The van der Waals surface area contributed by atoms with Crippen molar-refractivity contribution in [3.05, 3.63) is 29.3 Å². The number of ether oxygens (including phenoxy) is 1. The highest BCUT2D eigenvalue weighted by Crippen LogP contribution is 2.22. The summed E-state index contributed by atoms with van der Waals surface area (Å²) in [4.78, 5) is 25.9. The average Bonchev–Trinajstić information content (AvgIpc) is 2.61. The van der Waals surface area contributed by atoms with Crippen molar-refractivity contribution in [3.63, 3.8) is 0 Å². The summed E-state index contributed by atoms with van der Waals surface area (Å²) < 4.78 is 6.07. The Hall–Kier alpha value is -2.37. The van der Waals surface area contributed by atoms with Gasteiger partial charge in [0.2, 0.25) is 5.91 Å². The van der Waals surface area contributed by atoms with E-state index in [1.807, 2.05) is 11.0 Å². The number of carbonyl (C=O) groups excluding carboxylic acids is 2. The second-order valence-electron chi connectivity index (χ2n) is 6.82. The summed E-state index contributed by atoms with van der Waals surface area (Å²) in [5.74, 6) is 0.797. The zero-order valence-electron chi connectivity index (χ0n) is 15.1. The van der Waals surface area contributed by atoms with Crippen molar-refractivity contribution in [2.24, 2.45) is 5.10 Å². The van der Waals surface area contributed by atoms with Gasteiger partial charge in [0.25, 0.3) is 5.91 Å². The van der Waals surface area contributed by atoms with Crippen LogP contribution >= 0.6 is 0 Å². The maximum Gasteiger partial charge on any atom is 0.270 e. The van der Waals surface area contributed by atoms with Crippen molar-refractivity contribution >= 4 is 17.5 Å².